The maximum atomic E-state index is 13.1. The van der Waals surface area contributed by atoms with Crippen molar-refractivity contribution in [1.29, 1.82) is 0 Å². The molecule has 0 spiro atoms. The maximum absolute atomic E-state index is 13.1. The summed E-state index contributed by atoms with van der Waals surface area (Å²) in [6.45, 7) is 0.0781. The van der Waals surface area contributed by atoms with E-state index < -0.39 is 11.8 Å². The van der Waals surface area contributed by atoms with Crippen LogP contribution in [-0.2, 0) is 0 Å². The van der Waals surface area contributed by atoms with Crippen LogP contribution in [0.5, 0.6) is 5.75 Å². The maximum Gasteiger partial charge on any atom is 0.321 e. The van der Waals surface area contributed by atoms with E-state index in [1.807, 2.05) is 0 Å². The molecule has 0 unspecified atom stereocenters. The number of carbonyl (C=O) groups excluding carboxylic acids is 1. The van der Waals surface area contributed by atoms with Crippen LogP contribution < -0.4 is 10.1 Å². The van der Waals surface area contributed by atoms with Gasteiger partial charge in [-0.1, -0.05) is 0 Å². The lowest BCUT2D eigenvalue weighted by Gasteiger charge is -2.16. The minimum absolute atomic E-state index is 0.129. The Labute approximate surface area is 98.8 Å². The van der Waals surface area contributed by atoms with Crippen LogP contribution in [0.4, 0.5) is 14.9 Å². The molecule has 0 saturated carbocycles. The van der Waals surface area contributed by atoms with Gasteiger partial charge in [0.25, 0.3) is 0 Å². The highest BCUT2D eigenvalue weighted by Crippen LogP contribution is 2.19. The molecule has 0 saturated heterocycles. The fourth-order valence-corrected chi connectivity index (χ4v) is 1.22. The van der Waals surface area contributed by atoms with Gasteiger partial charge in [-0.15, -0.1) is 0 Å². The largest absolute Gasteiger partial charge is 0.497 e. The number of aliphatic hydroxyl groups excluding tert-OH is 1. The zero-order chi connectivity index (χ0) is 12.8. The van der Waals surface area contributed by atoms with Crippen molar-refractivity contribution < 1.29 is 19.0 Å². The molecule has 94 valence electrons. The van der Waals surface area contributed by atoms with Gasteiger partial charge in [0, 0.05) is 31.4 Å². The van der Waals surface area contributed by atoms with Crippen molar-refractivity contribution in [1.82, 2.24) is 4.90 Å². The van der Waals surface area contributed by atoms with E-state index in [0.717, 1.165) is 0 Å². The first-order chi connectivity index (χ1) is 8.06. The van der Waals surface area contributed by atoms with Gasteiger partial charge in [0.1, 0.15) is 11.6 Å². The second-order valence-corrected chi connectivity index (χ2v) is 3.46. The highest BCUT2D eigenvalue weighted by molar-refractivity contribution is 5.89. The van der Waals surface area contributed by atoms with Crippen molar-refractivity contribution in [3.8, 4) is 5.75 Å². The Bertz CT molecular complexity index is 398. The van der Waals surface area contributed by atoms with E-state index in [-0.39, 0.29) is 13.2 Å². The third-order valence-corrected chi connectivity index (χ3v) is 2.14. The average molecular weight is 242 g/mol. The van der Waals surface area contributed by atoms with E-state index in [1.54, 1.807) is 0 Å². The first-order valence-electron chi connectivity index (χ1n) is 5.04. The third-order valence-electron chi connectivity index (χ3n) is 2.14. The van der Waals surface area contributed by atoms with Crippen molar-refractivity contribution in [3.05, 3.63) is 24.0 Å². The molecule has 17 heavy (non-hydrogen) atoms. The van der Waals surface area contributed by atoms with Gasteiger partial charge in [0.15, 0.2) is 0 Å². The smallest absolute Gasteiger partial charge is 0.321 e. The van der Waals surface area contributed by atoms with Gasteiger partial charge in [-0.2, -0.15) is 0 Å². The van der Waals surface area contributed by atoms with Gasteiger partial charge in [0.2, 0.25) is 0 Å². The summed E-state index contributed by atoms with van der Waals surface area (Å²) < 4.78 is 18.0. The van der Waals surface area contributed by atoms with Crippen LogP contribution in [0.25, 0.3) is 0 Å². The lowest BCUT2D eigenvalue weighted by Crippen LogP contribution is -2.33. The monoisotopic (exact) mass is 242 g/mol. The molecule has 0 aliphatic heterocycles. The minimum Gasteiger partial charge on any atom is -0.497 e. The molecule has 0 bridgehead atoms. The predicted octanol–water partition coefficient (Wildman–Crippen LogP) is 1.29. The number of rotatable bonds is 4. The van der Waals surface area contributed by atoms with Crippen LogP contribution in [0.2, 0.25) is 0 Å². The summed E-state index contributed by atoms with van der Waals surface area (Å²) in [4.78, 5) is 12.8. The summed E-state index contributed by atoms with van der Waals surface area (Å²) in [5, 5.41) is 11.2. The number of amides is 2. The van der Waals surface area contributed by atoms with Crippen LogP contribution in [0.1, 0.15) is 0 Å². The molecule has 1 rings (SSSR count). The van der Waals surface area contributed by atoms with Crippen LogP contribution in [0, 0.1) is 5.82 Å². The predicted molar refractivity (Wildman–Crippen MR) is 61.7 cm³/mol. The fourth-order valence-electron chi connectivity index (χ4n) is 1.22. The van der Waals surface area contributed by atoms with Crippen LogP contribution in [0.3, 0.4) is 0 Å². The summed E-state index contributed by atoms with van der Waals surface area (Å²) in [6, 6.07) is 3.49. The topological polar surface area (TPSA) is 61.8 Å². The number of methoxy groups -OCH3 is 1. The number of benzene rings is 1. The molecular formula is C11H15FN2O3. The minimum atomic E-state index is -0.496. The SMILES string of the molecule is COc1cc(F)cc(NC(=O)N(C)CCO)c1. The van der Waals surface area contributed by atoms with Crippen molar-refractivity contribution >= 4 is 11.7 Å². The van der Waals surface area contributed by atoms with Crippen molar-refractivity contribution in [2.24, 2.45) is 0 Å². The number of hydrogen-bond donors (Lipinski definition) is 2. The van der Waals surface area contributed by atoms with E-state index in [2.05, 4.69) is 5.32 Å². The van der Waals surface area contributed by atoms with Gasteiger partial charge in [-0.3, -0.25) is 0 Å². The molecule has 0 heterocycles. The van der Waals surface area contributed by atoms with Crippen molar-refractivity contribution in [2.75, 3.05) is 32.6 Å². The van der Waals surface area contributed by atoms with E-state index in [4.69, 9.17) is 9.84 Å². The molecule has 5 nitrogen and oxygen atoms in total. The first-order valence-corrected chi connectivity index (χ1v) is 5.04. The Hall–Kier alpha value is -1.82. The summed E-state index contributed by atoms with van der Waals surface area (Å²) >= 11 is 0. The average Bonchev–Trinajstić information content (AvgIpc) is 2.28. The van der Waals surface area contributed by atoms with E-state index in [9.17, 15) is 9.18 Å². The number of nitrogens with one attached hydrogen (secondary N) is 1. The zero-order valence-electron chi connectivity index (χ0n) is 9.74. The number of aliphatic hydroxyl groups is 1. The summed E-state index contributed by atoms with van der Waals surface area (Å²) in [7, 11) is 2.94. The fraction of sp³-hybridized carbons (Fsp3) is 0.364. The van der Waals surface area contributed by atoms with Crippen molar-refractivity contribution in [3.63, 3.8) is 0 Å². The highest BCUT2D eigenvalue weighted by Gasteiger charge is 2.09. The molecule has 2 amide bonds. The standard InChI is InChI=1S/C11H15FN2O3/c1-14(3-4-15)11(16)13-9-5-8(12)6-10(7-9)17-2/h5-7,15H,3-4H2,1-2H3,(H,13,16). The van der Waals surface area contributed by atoms with E-state index in [1.165, 1.54) is 37.3 Å². The normalized spacial score (nSPS) is 9.88. The molecule has 0 aromatic heterocycles. The summed E-state index contributed by atoms with van der Waals surface area (Å²) in [5.74, 6) is -0.172. The number of halogens is 1. The molecule has 0 aliphatic carbocycles. The number of nitrogens with zero attached hydrogens (tertiary/aromatic N) is 1. The number of urea groups is 1. The lowest BCUT2D eigenvalue weighted by atomic mass is 10.3. The van der Waals surface area contributed by atoms with Gasteiger partial charge in [-0.25, -0.2) is 9.18 Å². The Morgan fingerprint density at radius 1 is 1.53 bits per heavy atom. The molecule has 0 aliphatic rings. The number of likely N-dealkylation sites (N-methyl/N-ethyl adjacent to an activating group) is 1. The van der Waals surface area contributed by atoms with Gasteiger partial charge in [-0.05, 0) is 6.07 Å². The third kappa shape index (κ3) is 3.92. The molecular weight excluding hydrogens is 227 g/mol. The Morgan fingerprint density at radius 3 is 2.82 bits per heavy atom. The molecule has 0 fully saturated rings. The van der Waals surface area contributed by atoms with Crippen molar-refractivity contribution in [2.45, 2.75) is 0 Å². The van der Waals surface area contributed by atoms with Crippen LogP contribution in [0.15, 0.2) is 18.2 Å². The highest BCUT2D eigenvalue weighted by atomic mass is 19.1. The molecule has 0 atom stereocenters. The summed E-state index contributed by atoms with van der Waals surface area (Å²) in [6.07, 6.45) is 0. The van der Waals surface area contributed by atoms with Crippen LogP contribution in [-0.4, -0.2) is 43.3 Å². The molecule has 1 aromatic carbocycles. The molecule has 2 N–H and O–H groups in total. The number of hydrogen-bond acceptors (Lipinski definition) is 3. The van der Waals surface area contributed by atoms with Crippen LogP contribution >= 0.6 is 0 Å². The quantitative estimate of drug-likeness (QED) is 0.836. The summed E-state index contributed by atoms with van der Waals surface area (Å²) in [5.41, 5.74) is 0.302. The van der Waals surface area contributed by atoms with Gasteiger partial charge in [0.05, 0.1) is 13.7 Å². The van der Waals surface area contributed by atoms with E-state index in [0.29, 0.717) is 11.4 Å². The molecule has 6 heteroatoms. The molecule has 1 aromatic rings. The van der Waals surface area contributed by atoms with E-state index >= 15 is 0 Å². The van der Waals surface area contributed by atoms with Gasteiger partial charge < -0.3 is 20.1 Å². The Kier molecular flexibility index (Phi) is 4.71. The molecule has 0 radical (unpaired) electrons. The number of ether oxygens (including phenoxy) is 1. The first kappa shape index (κ1) is 13.2. The second kappa shape index (κ2) is 6.05. The number of carbonyl (C=O) groups is 1. The zero-order valence-corrected chi connectivity index (χ0v) is 9.74. The Balaban J connectivity index is 2.74. The Morgan fingerprint density at radius 2 is 2.24 bits per heavy atom. The van der Waals surface area contributed by atoms with Gasteiger partial charge >= 0.3 is 6.03 Å². The second-order valence-electron chi connectivity index (χ2n) is 3.46. The number of anilines is 1. The lowest BCUT2D eigenvalue weighted by molar-refractivity contribution is 0.202.